The fourth-order valence-electron chi connectivity index (χ4n) is 4.43. The maximum absolute atomic E-state index is 14.6. The number of nitrogens with zero attached hydrogens (tertiary/aromatic N) is 3. The Bertz CT molecular complexity index is 1430. The number of carbonyl (C=O) groups is 3. The number of urea groups is 1. The highest BCUT2D eigenvalue weighted by atomic mass is 19.2. The molecule has 44 heavy (non-hydrogen) atoms. The van der Waals surface area contributed by atoms with Crippen LogP contribution >= 0.6 is 0 Å². The van der Waals surface area contributed by atoms with Gasteiger partial charge in [-0.05, 0) is 69.1 Å². The zero-order chi connectivity index (χ0) is 32.7. The first kappa shape index (κ1) is 34.3. The lowest BCUT2D eigenvalue weighted by molar-refractivity contribution is -0.115. The van der Waals surface area contributed by atoms with Gasteiger partial charge in [-0.1, -0.05) is 26.3 Å². The van der Waals surface area contributed by atoms with Gasteiger partial charge >= 0.3 is 6.03 Å². The summed E-state index contributed by atoms with van der Waals surface area (Å²) in [7, 11) is 1.45. The van der Waals surface area contributed by atoms with Crippen LogP contribution in [0.15, 0.2) is 51.8 Å². The normalized spacial score (nSPS) is 17.7. The zero-order valence-electron chi connectivity index (χ0n) is 26.1. The molecule has 238 valence electrons. The molecule has 2 atom stereocenters. The molecule has 0 aliphatic heterocycles. The molecule has 1 aromatic carbocycles. The number of amides is 3. The maximum atomic E-state index is 14.6. The largest absolute Gasteiger partial charge is 0.382 e. The second-order valence-corrected chi connectivity index (χ2v) is 11.4. The minimum atomic E-state index is -1.40. The molecule has 2 aliphatic rings. The summed E-state index contributed by atoms with van der Waals surface area (Å²) >= 11 is 0. The van der Waals surface area contributed by atoms with Crippen LogP contribution in [0.25, 0.3) is 0 Å². The van der Waals surface area contributed by atoms with Crippen LogP contribution in [0.1, 0.15) is 65.9 Å². The maximum Gasteiger partial charge on any atom is 0.324 e. The molecule has 3 rings (SSSR count). The summed E-state index contributed by atoms with van der Waals surface area (Å²) in [6, 6.07) is 0.308. The number of allylic oxidation sites excluding steroid dienone is 3. The predicted octanol–water partition coefficient (Wildman–Crippen LogP) is 5.59. The van der Waals surface area contributed by atoms with E-state index in [1.165, 1.54) is 18.0 Å². The first-order valence-corrected chi connectivity index (χ1v) is 14.8. The van der Waals surface area contributed by atoms with E-state index in [0.29, 0.717) is 35.9 Å². The molecular formula is C32H41F3N6O3. The smallest absolute Gasteiger partial charge is 0.324 e. The number of carbonyl (C=O) groups excluding carboxylic acids is 3. The van der Waals surface area contributed by atoms with Gasteiger partial charge in [-0.2, -0.15) is 0 Å². The van der Waals surface area contributed by atoms with Crippen LogP contribution in [-0.2, 0) is 16.1 Å². The van der Waals surface area contributed by atoms with Gasteiger partial charge in [-0.25, -0.2) is 23.0 Å². The standard InChI is InChI=1S/C32H41F3N6O3/c1-7-18(3)27(36)16-40(6)32(44)39-31(41(17-42)15-22-11-25(34)26(35)13-24(22)33)38-29-12-23(20(5)21-9-10-21)28(14-30(29)43)37-19(4)8-2/h11-14,17-19,21,36-37H,7-10,15-16H2,1-6H3,(H,38,39,44)/b23-20+,36-27?. The van der Waals surface area contributed by atoms with Crippen LogP contribution < -0.4 is 10.6 Å². The molecule has 2 aliphatic carbocycles. The number of aliphatic imine (C=N–C) groups is 1. The van der Waals surface area contributed by atoms with E-state index in [2.05, 4.69) is 15.6 Å². The van der Waals surface area contributed by atoms with Crippen LogP contribution in [0.4, 0.5) is 18.0 Å². The molecular weight excluding hydrogens is 573 g/mol. The molecule has 0 radical (unpaired) electrons. The third kappa shape index (κ3) is 8.67. The lowest BCUT2D eigenvalue weighted by Gasteiger charge is -2.26. The number of benzene rings is 1. The van der Waals surface area contributed by atoms with E-state index in [1.54, 1.807) is 6.08 Å². The molecule has 9 nitrogen and oxygen atoms in total. The molecule has 3 amide bonds. The van der Waals surface area contributed by atoms with Gasteiger partial charge in [0.2, 0.25) is 18.2 Å². The minimum Gasteiger partial charge on any atom is -0.382 e. The second kappa shape index (κ2) is 15.0. The Hall–Kier alpha value is -4.22. The van der Waals surface area contributed by atoms with E-state index in [9.17, 15) is 27.6 Å². The summed E-state index contributed by atoms with van der Waals surface area (Å²) in [4.78, 5) is 45.2. The molecule has 2 unspecified atom stereocenters. The average Bonchev–Trinajstić information content (AvgIpc) is 3.84. The van der Waals surface area contributed by atoms with Crippen molar-refractivity contribution < 1.29 is 27.6 Å². The zero-order valence-corrected chi connectivity index (χ0v) is 26.1. The van der Waals surface area contributed by atoms with Crippen molar-refractivity contribution in [1.29, 1.82) is 5.41 Å². The van der Waals surface area contributed by atoms with Crippen LogP contribution in [0.5, 0.6) is 0 Å². The van der Waals surface area contributed by atoms with Gasteiger partial charge in [0.15, 0.2) is 11.6 Å². The van der Waals surface area contributed by atoms with Crippen LogP contribution in [0.2, 0.25) is 0 Å². The topological polar surface area (TPSA) is 118 Å². The molecule has 1 saturated carbocycles. The van der Waals surface area contributed by atoms with Crippen molar-refractivity contribution in [3.05, 3.63) is 69.8 Å². The van der Waals surface area contributed by atoms with Gasteiger partial charge in [0.05, 0.1) is 13.1 Å². The van der Waals surface area contributed by atoms with Crippen molar-refractivity contribution in [1.82, 2.24) is 20.4 Å². The van der Waals surface area contributed by atoms with Crippen molar-refractivity contribution in [2.24, 2.45) is 16.8 Å². The first-order chi connectivity index (χ1) is 20.8. The van der Waals surface area contributed by atoms with Gasteiger partial charge < -0.3 is 15.6 Å². The summed E-state index contributed by atoms with van der Waals surface area (Å²) in [5.74, 6) is -4.46. The Balaban J connectivity index is 2.05. The Kier molecular flexibility index (Phi) is 11.7. The Labute approximate surface area is 256 Å². The summed E-state index contributed by atoms with van der Waals surface area (Å²) < 4.78 is 42.1. The monoisotopic (exact) mass is 614 g/mol. The molecule has 3 N–H and O–H groups in total. The van der Waals surface area contributed by atoms with Gasteiger partial charge in [0.25, 0.3) is 0 Å². The number of guanidine groups is 1. The van der Waals surface area contributed by atoms with Crippen LogP contribution in [0.3, 0.4) is 0 Å². The molecule has 0 bridgehead atoms. The fourth-order valence-corrected chi connectivity index (χ4v) is 4.43. The van der Waals surface area contributed by atoms with Crippen molar-refractivity contribution in [3.8, 4) is 0 Å². The summed E-state index contributed by atoms with van der Waals surface area (Å²) in [5.41, 5.74) is 2.34. The van der Waals surface area contributed by atoms with E-state index < -0.39 is 41.8 Å². The predicted molar refractivity (Wildman–Crippen MR) is 163 cm³/mol. The lowest BCUT2D eigenvalue weighted by atomic mass is 9.95. The first-order valence-electron chi connectivity index (χ1n) is 14.8. The lowest BCUT2D eigenvalue weighted by Crippen LogP contribution is -2.49. The summed E-state index contributed by atoms with van der Waals surface area (Å²) in [6.07, 6.45) is 6.82. The van der Waals surface area contributed by atoms with E-state index >= 15 is 0 Å². The quantitative estimate of drug-likeness (QED) is 0.123. The molecule has 0 spiro atoms. The van der Waals surface area contributed by atoms with Gasteiger partial charge in [0, 0.05) is 42.2 Å². The second-order valence-electron chi connectivity index (χ2n) is 11.4. The molecule has 12 heteroatoms. The molecule has 0 saturated heterocycles. The van der Waals surface area contributed by atoms with Crippen molar-refractivity contribution in [3.63, 3.8) is 0 Å². The molecule has 0 heterocycles. The average molecular weight is 615 g/mol. The highest BCUT2D eigenvalue weighted by molar-refractivity contribution is 6.10. The van der Waals surface area contributed by atoms with E-state index in [0.717, 1.165) is 35.3 Å². The molecule has 1 fully saturated rings. The Morgan fingerprint density at radius 3 is 2.36 bits per heavy atom. The van der Waals surface area contributed by atoms with Crippen molar-refractivity contribution >= 4 is 29.9 Å². The number of nitrogens with one attached hydrogen (secondary N) is 3. The highest BCUT2D eigenvalue weighted by Crippen LogP contribution is 2.40. The highest BCUT2D eigenvalue weighted by Gasteiger charge is 2.29. The molecule has 1 aromatic rings. The SMILES string of the molecule is CCC(C)NC1=CC(=O)C(N=C(NC(=O)N(C)CC(=N)C(C)CC)N(C=O)Cc2cc(F)c(F)cc2F)=C/C1=C(/C)C1CC1. The van der Waals surface area contributed by atoms with E-state index in [4.69, 9.17) is 5.41 Å². The summed E-state index contributed by atoms with van der Waals surface area (Å²) in [6.45, 7) is 9.14. The Morgan fingerprint density at radius 1 is 1.11 bits per heavy atom. The minimum absolute atomic E-state index is 0.0184. The number of rotatable bonds is 12. The Morgan fingerprint density at radius 2 is 1.77 bits per heavy atom. The number of hydrogen-bond acceptors (Lipinski definition) is 6. The summed E-state index contributed by atoms with van der Waals surface area (Å²) in [5, 5.41) is 14.1. The number of halogens is 3. The number of hydrogen-bond donors (Lipinski definition) is 3. The van der Waals surface area contributed by atoms with E-state index in [1.807, 2.05) is 34.6 Å². The van der Waals surface area contributed by atoms with Gasteiger partial charge in [0.1, 0.15) is 11.5 Å². The van der Waals surface area contributed by atoms with Crippen LogP contribution in [-0.4, -0.2) is 59.3 Å². The van der Waals surface area contributed by atoms with Gasteiger partial charge in [-0.15, -0.1) is 0 Å². The van der Waals surface area contributed by atoms with Crippen molar-refractivity contribution in [2.75, 3.05) is 13.6 Å². The van der Waals surface area contributed by atoms with Crippen LogP contribution in [0, 0.1) is 34.7 Å². The fraction of sp³-hybridized carbons (Fsp3) is 0.469. The third-order valence-electron chi connectivity index (χ3n) is 7.96. The van der Waals surface area contributed by atoms with E-state index in [-0.39, 0.29) is 36.2 Å². The third-order valence-corrected chi connectivity index (χ3v) is 7.96. The molecule has 0 aromatic heterocycles. The van der Waals surface area contributed by atoms with Gasteiger partial charge in [-0.3, -0.25) is 19.8 Å². The van der Waals surface area contributed by atoms with Crippen molar-refractivity contribution in [2.45, 2.75) is 72.9 Å². The number of ketones is 1.